The number of pyridine rings is 1. The Morgan fingerprint density at radius 1 is 1.47 bits per heavy atom. The maximum Gasteiger partial charge on any atom is 0.141 e. The van der Waals surface area contributed by atoms with Crippen LogP contribution in [0.4, 0.5) is 4.39 Å². The zero-order chi connectivity index (χ0) is 12.3. The Bertz CT molecular complexity index is 498. The number of ether oxygens (including phenoxy) is 1. The molecular weight excluding hydrogens is 289 g/mol. The SMILES string of the molecule is COCCn1cc(Br)c(-c2ccc(F)cn2)n1. The number of halogens is 2. The molecule has 2 aromatic heterocycles. The maximum atomic E-state index is 12.8. The van der Waals surface area contributed by atoms with Gasteiger partial charge in [0, 0.05) is 13.3 Å². The van der Waals surface area contributed by atoms with Crippen LogP contribution >= 0.6 is 15.9 Å². The highest BCUT2D eigenvalue weighted by Crippen LogP contribution is 2.24. The molecule has 0 fully saturated rings. The third-order valence-electron chi connectivity index (χ3n) is 2.21. The number of nitrogens with zero attached hydrogens (tertiary/aromatic N) is 3. The summed E-state index contributed by atoms with van der Waals surface area (Å²) in [6, 6.07) is 2.96. The number of rotatable bonds is 4. The first-order valence-electron chi connectivity index (χ1n) is 5.04. The number of hydrogen-bond donors (Lipinski definition) is 0. The first-order valence-corrected chi connectivity index (χ1v) is 5.84. The van der Waals surface area contributed by atoms with Crippen molar-refractivity contribution < 1.29 is 9.13 Å². The Balaban J connectivity index is 2.26. The van der Waals surface area contributed by atoms with Gasteiger partial charge in [0.2, 0.25) is 0 Å². The van der Waals surface area contributed by atoms with Gasteiger partial charge in [-0.1, -0.05) is 0 Å². The van der Waals surface area contributed by atoms with Crippen LogP contribution in [0.3, 0.4) is 0 Å². The first-order chi connectivity index (χ1) is 8.20. The predicted octanol–water partition coefficient (Wildman–Crippen LogP) is 2.49. The van der Waals surface area contributed by atoms with Crippen molar-refractivity contribution in [2.45, 2.75) is 6.54 Å². The molecule has 0 atom stereocenters. The molecule has 6 heteroatoms. The molecule has 2 heterocycles. The summed E-state index contributed by atoms with van der Waals surface area (Å²) in [5.41, 5.74) is 1.33. The van der Waals surface area contributed by atoms with Gasteiger partial charge < -0.3 is 4.74 Å². The average molecular weight is 300 g/mol. The second-order valence-electron chi connectivity index (χ2n) is 3.44. The Hall–Kier alpha value is -1.27. The second kappa shape index (κ2) is 5.37. The van der Waals surface area contributed by atoms with Gasteiger partial charge in [0.25, 0.3) is 0 Å². The van der Waals surface area contributed by atoms with E-state index in [4.69, 9.17) is 4.74 Å². The van der Waals surface area contributed by atoms with Crippen molar-refractivity contribution in [2.24, 2.45) is 0 Å². The molecule has 0 saturated carbocycles. The van der Waals surface area contributed by atoms with Gasteiger partial charge in [-0.2, -0.15) is 5.10 Å². The quantitative estimate of drug-likeness (QED) is 0.871. The molecule has 2 aromatic rings. The smallest absolute Gasteiger partial charge is 0.141 e. The lowest BCUT2D eigenvalue weighted by Gasteiger charge is -1.99. The highest BCUT2D eigenvalue weighted by Gasteiger charge is 2.10. The summed E-state index contributed by atoms with van der Waals surface area (Å²) in [4.78, 5) is 3.99. The van der Waals surface area contributed by atoms with E-state index in [1.54, 1.807) is 17.9 Å². The van der Waals surface area contributed by atoms with E-state index in [-0.39, 0.29) is 5.82 Å². The van der Waals surface area contributed by atoms with Crippen LogP contribution in [-0.2, 0) is 11.3 Å². The molecule has 0 N–H and O–H groups in total. The first kappa shape index (κ1) is 12.2. The molecule has 0 radical (unpaired) electrons. The van der Waals surface area contributed by atoms with E-state index in [9.17, 15) is 4.39 Å². The number of aromatic nitrogens is 3. The van der Waals surface area contributed by atoms with Gasteiger partial charge >= 0.3 is 0 Å². The van der Waals surface area contributed by atoms with Crippen LogP contribution in [0.2, 0.25) is 0 Å². The lowest BCUT2D eigenvalue weighted by molar-refractivity contribution is 0.183. The maximum absolute atomic E-state index is 12.8. The molecule has 0 aliphatic rings. The minimum absolute atomic E-state index is 0.358. The van der Waals surface area contributed by atoms with Gasteiger partial charge in [-0.25, -0.2) is 4.39 Å². The molecule has 4 nitrogen and oxygen atoms in total. The molecule has 0 aliphatic heterocycles. The van der Waals surface area contributed by atoms with Crippen molar-refractivity contribution in [3.63, 3.8) is 0 Å². The third kappa shape index (κ3) is 2.89. The van der Waals surface area contributed by atoms with E-state index in [1.807, 2.05) is 6.20 Å². The number of methoxy groups -OCH3 is 1. The van der Waals surface area contributed by atoms with E-state index < -0.39 is 0 Å². The molecule has 0 amide bonds. The minimum Gasteiger partial charge on any atom is -0.383 e. The van der Waals surface area contributed by atoms with Crippen LogP contribution in [0.25, 0.3) is 11.4 Å². The van der Waals surface area contributed by atoms with E-state index >= 15 is 0 Å². The van der Waals surface area contributed by atoms with Crippen LogP contribution in [0.15, 0.2) is 29.0 Å². The van der Waals surface area contributed by atoms with Crippen molar-refractivity contribution in [1.29, 1.82) is 0 Å². The van der Waals surface area contributed by atoms with Crippen LogP contribution in [0.1, 0.15) is 0 Å². The summed E-state index contributed by atoms with van der Waals surface area (Å²) in [6.45, 7) is 1.25. The van der Waals surface area contributed by atoms with Crippen LogP contribution < -0.4 is 0 Å². The van der Waals surface area contributed by atoms with Crippen molar-refractivity contribution in [2.75, 3.05) is 13.7 Å². The van der Waals surface area contributed by atoms with E-state index in [1.165, 1.54) is 12.3 Å². The molecule has 17 heavy (non-hydrogen) atoms. The van der Waals surface area contributed by atoms with Crippen molar-refractivity contribution in [1.82, 2.24) is 14.8 Å². The zero-order valence-corrected chi connectivity index (χ0v) is 10.8. The molecule has 0 spiro atoms. The van der Waals surface area contributed by atoms with E-state index in [2.05, 4.69) is 26.0 Å². The largest absolute Gasteiger partial charge is 0.383 e. The highest BCUT2D eigenvalue weighted by molar-refractivity contribution is 9.10. The molecule has 0 bridgehead atoms. The summed E-state index contributed by atoms with van der Waals surface area (Å²) in [5.74, 6) is -0.358. The third-order valence-corrected chi connectivity index (χ3v) is 2.79. The van der Waals surface area contributed by atoms with Crippen molar-refractivity contribution in [3.8, 4) is 11.4 Å². The van der Waals surface area contributed by atoms with Crippen LogP contribution in [0.5, 0.6) is 0 Å². The lowest BCUT2D eigenvalue weighted by Crippen LogP contribution is -2.04. The Labute approximate surface area is 107 Å². The van der Waals surface area contributed by atoms with Gasteiger partial charge in [0.05, 0.1) is 29.5 Å². The lowest BCUT2D eigenvalue weighted by atomic mass is 10.3. The highest BCUT2D eigenvalue weighted by atomic mass is 79.9. The summed E-state index contributed by atoms with van der Waals surface area (Å²) in [6.07, 6.45) is 3.02. The molecule has 0 aromatic carbocycles. The molecule has 0 saturated heterocycles. The average Bonchev–Trinajstić information content (AvgIpc) is 2.69. The Kier molecular flexibility index (Phi) is 3.86. The Morgan fingerprint density at radius 3 is 2.94 bits per heavy atom. The fourth-order valence-electron chi connectivity index (χ4n) is 1.39. The zero-order valence-electron chi connectivity index (χ0n) is 9.23. The van der Waals surface area contributed by atoms with Gasteiger partial charge in [-0.3, -0.25) is 9.67 Å². The minimum atomic E-state index is -0.358. The molecule has 90 valence electrons. The van der Waals surface area contributed by atoms with Gasteiger partial charge in [-0.05, 0) is 28.1 Å². The van der Waals surface area contributed by atoms with Gasteiger partial charge in [0.15, 0.2) is 0 Å². The molecule has 2 rings (SSSR count). The van der Waals surface area contributed by atoms with Crippen LogP contribution in [0, 0.1) is 5.82 Å². The normalized spacial score (nSPS) is 10.8. The van der Waals surface area contributed by atoms with E-state index in [0.29, 0.717) is 24.5 Å². The number of hydrogen-bond acceptors (Lipinski definition) is 3. The standard InChI is InChI=1S/C11H11BrFN3O/c1-17-5-4-16-7-9(12)11(15-16)10-3-2-8(13)6-14-10/h2-3,6-7H,4-5H2,1H3. The summed E-state index contributed by atoms with van der Waals surface area (Å²) in [7, 11) is 1.64. The Morgan fingerprint density at radius 2 is 2.29 bits per heavy atom. The second-order valence-corrected chi connectivity index (χ2v) is 4.30. The monoisotopic (exact) mass is 299 g/mol. The van der Waals surface area contributed by atoms with Crippen molar-refractivity contribution in [3.05, 3.63) is 34.8 Å². The molecule has 0 unspecified atom stereocenters. The fraction of sp³-hybridized carbons (Fsp3) is 0.273. The van der Waals surface area contributed by atoms with Crippen LogP contribution in [-0.4, -0.2) is 28.5 Å². The van der Waals surface area contributed by atoms with Gasteiger partial charge in [-0.15, -0.1) is 0 Å². The fourth-order valence-corrected chi connectivity index (χ4v) is 1.90. The van der Waals surface area contributed by atoms with E-state index in [0.717, 1.165) is 4.47 Å². The topological polar surface area (TPSA) is 39.9 Å². The van der Waals surface area contributed by atoms with Crippen molar-refractivity contribution >= 4 is 15.9 Å². The molecular formula is C11H11BrFN3O. The summed E-state index contributed by atoms with van der Waals surface area (Å²) >= 11 is 3.41. The van der Waals surface area contributed by atoms with Gasteiger partial charge in [0.1, 0.15) is 11.5 Å². The summed E-state index contributed by atoms with van der Waals surface area (Å²) in [5, 5.41) is 4.35. The summed E-state index contributed by atoms with van der Waals surface area (Å²) < 4.78 is 20.3. The molecule has 0 aliphatic carbocycles. The predicted molar refractivity (Wildman–Crippen MR) is 65.0 cm³/mol.